The van der Waals surface area contributed by atoms with Gasteiger partial charge in [0.15, 0.2) is 5.78 Å². The number of carbonyl (C=O) groups is 3. The van der Waals surface area contributed by atoms with Gasteiger partial charge in [0.1, 0.15) is 34.6 Å². The number of Topliss-reactive ketones (excluding diaryl/α,β-unsaturated/α-hetero) is 3. The number of hydrogen-bond acceptors (Lipinski definition) is 5. The molecule has 37 heavy (non-hydrogen) atoms. The van der Waals surface area contributed by atoms with Crippen LogP contribution in [0.4, 0.5) is 0 Å². The van der Waals surface area contributed by atoms with Gasteiger partial charge in [0, 0.05) is 12.3 Å². The molecule has 0 unspecified atom stereocenters. The van der Waals surface area contributed by atoms with Crippen molar-refractivity contribution in [3.63, 3.8) is 0 Å². The van der Waals surface area contributed by atoms with E-state index in [4.69, 9.17) is 11.2 Å². The lowest BCUT2D eigenvalue weighted by atomic mass is 9.92. The smallest absolute Gasteiger partial charge is 0.151 e. The number of hydrogen-bond donors (Lipinski definition) is 1. The highest BCUT2D eigenvalue weighted by Gasteiger charge is 2.27. The lowest BCUT2D eigenvalue weighted by Crippen LogP contribution is -2.28. The van der Waals surface area contributed by atoms with Crippen LogP contribution in [0.5, 0.6) is 5.75 Å². The van der Waals surface area contributed by atoms with Gasteiger partial charge >= 0.3 is 0 Å². The normalized spacial score (nSPS) is 13.8. The molecule has 0 heterocycles. The summed E-state index contributed by atoms with van der Waals surface area (Å²) in [5.74, 6) is 2.06. The predicted octanol–water partition coefficient (Wildman–Crippen LogP) is 7.17. The van der Waals surface area contributed by atoms with Crippen molar-refractivity contribution in [3.8, 4) is 18.1 Å². The molecule has 0 spiro atoms. The second-order valence-electron chi connectivity index (χ2n) is 9.80. The number of terminal acetylenes is 1. The lowest BCUT2D eigenvalue weighted by Gasteiger charge is -2.25. The van der Waals surface area contributed by atoms with Gasteiger partial charge in [-0.1, -0.05) is 44.0 Å². The SMILES string of the molecule is C#CC1CCCC1.C/C=C\C(=C/C)OC(C)(C)CC.CC(=O)C(C(C)=O)C(=O)CCc1ccccc1O. The minimum absolute atomic E-state index is 0.0542. The molecule has 1 N–H and O–H groups in total. The van der Waals surface area contributed by atoms with Crippen LogP contribution < -0.4 is 0 Å². The molecular weight excluding hydrogens is 464 g/mol. The van der Waals surface area contributed by atoms with Gasteiger partial charge in [0.2, 0.25) is 0 Å². The van der Waals surface area contributed by atoms with Crippen molar-refractivity contribution >= 4 is 17.3 Å². The molecule has 0 atom stereocenters. The molecule has 2 rings (SSSR count). The third-order valence-corrected chi connectivity index (χ3v) is 6.22. The molecule has 0 bridgehead atoms. The van der Waals surface area contributed by atoms with Crippen molar-refractivity contribution in [2.24, 2.45) is 11.8 Å². The van der Waals surface area contributed by atoms with E-state index in [1.807, 2.05) is 32.1 Å². The minimum atomic E-state index is -1.16. The van der Waals surface area contributed by atoms with Crippen molar-refractivity contribution in [3.05, 3.63) is 53.8 Å². The number of aryl methyl sites for hydroxylation is 1. The number of rotatable bonds is 10. The van der Waals surface area contributed by atoms with Gasteiger partial charge in [0.25, 0.3) is 0 Å². The number of benzene rings is 1. The molecule has 0 radical (unpaired) electrons. The van der Waals surface area contributed by atoms with E-state index in [1.54, 1.807) is 18.2 Å². The first-order valence-corrected chi connectivity index (χ1v) is 13.2. The molecule has 5 heteroatoms. The van der Waals surface area contributed by atoms with E-state index < -0.39 is 23.3 Å². The monoisotopic (exact) mass is 510 g/mol. The number of phenols is 1. The van der Waals surface area contributed by atoms with Crippen LogP contribution in [-0.2, 0) is 25.5 Å². The van der Waals surface area contributed by atoms with Crippen LogP contribution in [0, 0.1) is 24.2 Å². The molecule has 1 aliphatic carbocycles. The Balaban J connectivity index is 0.000000583. The Hall–Kier alpha value is -3.13. The molecule has 1 aromatic carbocycles. The van der Waals surface area contributed by atoms with Crippen molar-refractivity contribution in [2.45, 2.75) is 99.0 Å². The van der Waals surface area contributed by atoms with Gasteiger partial charge in [-0.25, -0.2) is 0 Å². The van der Waals surface area contributed by atoms with Crippen LogP contribution in [0.15, 0.2) is 48.3 Å². The highest BCUT2D eigenvalue weighted by atomic mass is 16.5. The highest BCUT2D eigenvalue weighted by molar-refractivity contribution is 6.18. The maximum Gasteiger partial charge on any atom is 0.151 e. The molecule has 1 aromatic rings. The fourth-order valence-corrected chi connectivity index (χ4v) is 3.70. The van der Waals surface area contributed by atoms with Crippen LogP contribution >= 0.6 is 0 Å². The summed E-state index contributed by atoms with van der Waals surface area (Å²) in [5, 5.41) is 9.54. The fraction of sp³-hybridized carbons (Fsp3) is 0.531. The highest BCUT2D eigenvalue weighted by Crippen LogP contribution is 2.23. The third kappa shape index (κ3) is 14.3. The van der Waals surface area contributed by atoms with Gasteiger partial charge in [0.05, 0.1) is 0 Å². The Labute approximate surface area is 224 Å². The van der Waals surface area contributed by atoms with Crippen molar-refractivity contribution in [2.75, 3.05) is 0 Å². The molecule has 204 valence electrons. The zero-order valence-electron chi connectivity index (χ0n) is 23.8. The van der Waals surface area contributed by atoms with E-state index in [9.17, 15) is 19.5 Å². The summed E-state index contributed by atoms with van der Waals surface area (Å²) in [6.07, 6.45) is 17.8. The topological polar surface area (TPSA) is 80.7 Å². The second-order valence-corrected chi connectivity index (χ2v) is 9.80. The number of ether oxygens (including phenoxy) is 1. The Kier molecular flexibility index (Phi) is 16.6. The molecule has 0 aromatic heterocycles. The quantitative estimate of drug-likeness (QED) is 0.156. The minimum Gasteiger partial charge on any atom is -0.508 e. The van der Waals surface area contributed by atoms with Crippen LogP contribution in [0.3, 0.4) is 0 Å². The van der Waals surface area contributed by atoms with Gasteiger partial charge in [-0.2, -0.15) is 0 Å². The van der Waals surface area contributed by atoms with Crippen LogP contribution in [-0.4, -0.2) is 28.1 Å². The first-order valence-electron chi connectivity index (χ1n) is 13.2. The molecule has 0 amide bonds. The van der Waals surface area contributed by atoms with Crippen molar-refractivity contribution < 1.29 is 24.2 Å². The summed E-state index contributed by atoms with van der Waals surface area (Å²) in [6, 6.07) is 6.69. The zero-order valence-corrected chi connectivity index (χ0v) is 23.8. The number of para-hydroxylation sites is 1. The average molecular weight is 511 g/mol. The van der Waals surface area contributed by atoms with Crippen LogP contribution in [0.25, 0.3) is 0 Å². The molecular formula is C32H46O5. The number of carbonyl (C=O) groups excluding carboxylic acids is 3. The first kappa shape index (κ1) is 33.9. The molecule has 0 aliphatic heterocycles. The number of allylic oxidation sites excluding steroid dienone is 3. The van der Waals surface area contributed by atoms with Crippen molar-refractivity contribution in [1.29, 1.82) is 0 Å². The first-order chi connectivity index (χ1) is 17.4. The van der Waals surface area contributed by atoms with Gasteiger partial charge in [-0.3, -0.25) is 14.4 Å². The Morgan fingerprint density at radius 1 is 1.14 bits per heavy atom. The summed E-state index contributed by atoms with van der Waals surface area (Å²) in [5.41, 5.74) is 0.582. The van der Waals surface area contributed by atoms with E-state index in [0.29, 0.717) is 17.9 Å². The second kappa shape index (κ2) is 18.2. The molecule has 0 saturated heterocycles. The summed E-state index contributed by atoms with van der Waals surface area (Å²) in [6.45, 7) is 12.8. The van der Waals surface area contributed by atoms with Gasteiger partial charge in [-0.15, -0.1) is 12.3 Å². The molecule has 1 aliphatic rings. The predicted molar refractivity (Wildman–Crippen MR) is 151 cm³/mol. The lowest BCUT2D eigenvalue weighted by molar-refractivity contribution is -0.138. The number of phenolic OH excluding ortho intramolecular Hbond substituents is 1. The maximum atomic E-state index is 11.8. The van der Waals surface area contributed by atoms with Crippen LogP contribution in [0.1, 0.15) is 92.6 Å². The van der Waals surface area contributed by atoms with E-state index in [2.05, 4.69) is 26.7 Å². The molecule has 5 nitrogen and oxygen atoms in total. The Bertz CT molecular complexity index is 942. The van der Waals surface area contributed by atoms with E-state index in [0.717, 1.165) is 12.2 Å². The Morgan fingerprint density at radius 2 is 1.70 bits per heavy atom. The van der Waals surface area contributed by atoms with Gasteiger partial charge < -0.3 is 9.84 Å². The van der Waals surface area contributed by atoms with E-state index >= 15 is 0 Å². The third-order valence-electron chi connectivity index (χ3n) is 6.22. The zero-order chi connectivity index (χ0) is 28.4. The standard InChI is InChI=1S/C14H16O4.C11H20O.C7H10/c1-9(15)14(10(2)16)13(18)8-7-11-5-3-4-6-12(11)17;1-6-9-10(7-2)12-11(4,5)8-3;1-2-7-5-3-4-6-7/h3-6,14,17H,7-8H2,1-2H3;6-7,9H,8H2,1-5H3;1,7H,3-6H2/b;9-6-,10-7+;. The van der Waals surface area contributed by atoms with Crippen LogP contribution in [0.2, 0.25) is 0 Å². The Morgan fingerprint density at radius 3 is 2.11 bits per heavy atom. The molecule has 1 saturated carbocycles. The fourth-order valence-electron chi connectivity index (χ4n) is 3.70. The average Bonchev–Trinajstić information content (AvgIpc) is 3.38. The summed E-state index contributed by atoms with van der Waals surface area (Å²) < 4.78 is 5.75. The largest absolute Gasteiger partial charge is 0.508 e. The van der Waals surface area contributed by atoms with E-state index in [-0.39, 0.29) is 17.8 Å². The summed E-state index contributed by atoms with van der Waals surface area (Å²) in [4.78, 5) is 34.2. The molecule has 1 fully saturated rings. The summed E-state index contributed by atoms with van der Waals surface area (Å²) >= 11 is 0. The summed E-state index contributed by atoms with van der Waals surface area (Å²) in [7, 11) is 0. The van der Waals surface area contributed by atoms with Crippen molar-refractivity contribution in [1.82, 2.24) is 0 Å². The number of aromatic hydroxyl groups is 1. The number of ketones is 3. The van der Waals surface area contributed by atoms with Gasteiger partial charge in [-0.05, 0) is 91.0 Å². The van der Waals surface area contributed by atoms with E-state index in [1.165, 1.54) is 45.6 Å². The maximum absolute atomic E-state index is 11.8.